The summed E-state index contributed by atoms with van der Waals surface area (Å²) < 4.78 is 2.33. The molecule has 0 aliphatic carbocycles. The minimum absolute atomic E-state index is 0.596. The average molecular weight is 240 g/mol. The molecule has 0 bridgehead atoms. The van der Waals surface area contributed by atoms with Crippen molar-refractivity contribution in [2.75, 3.05) is 0 Å². The number of nitrogens with zero attached hydrogens (tertiary/aromatic N) is 2. The molecular formula is C16H20N2. The Hall–Kier alpha value is -1.57. The van der Waals surface area contributed by atoms with Crippen molar-refractivity contribution >= 4 is 0 Å². The lowest BCUT2D eigenvalue weighted by atomic mass is 10.0. The van der Waals surface area contributed by atoms with Gasteiger partial charge in [-0.15, -0.1) is 0 Å². The molecule has 0 radical (unpaired) electrons. The van der Waals surface area contributed by atoms with Crippen molar-refractivity contribution < 1.29 is 0 Å². The van der Waals surface area contributed by atoms with E-state index in [0.29, 0.717) is 5.92 Å². The van der Waals surface area contributed by atoms with Crippen LogP contribution < -0.4 is 0 Å². The van der Waals surface area contributed by atoms with Gasteiger partial charge < -0.3 is 4.57 Å². The molecule has 2 heterocycles. The molecule has 3 rings (SSSR count). The molecule has 2 nitrogen and oxygen atoms in total. The largest absolute Gasteiger partial charge is 0.334 e. The van der Waals surface area contributed by atoms with Crippen molar-refractivity contribution in [3.05, 3.63) is 41.3 Å². The minimum Gasteiger partial charge on any atom is -0.334 e. The van der Waals surface area contributed by atoms with Crippen LogP contribution in [0.1, 0.15) is 42.6 Å². The van der Waals surface area contributed by atoms with Gasteiger partial charge in [-0.3, -0.25) is 0 Å². The summed E-state index contributed by atoms with van der Waals surface area (Å²) in [7, 11) is 0. The van der Waals surface area contributed by atoms with Gasteiger partial charge in [0, 0.05) is 24.2 Å². The highest BCUT2D eigenvalue weighted by Crippen LogP contribution is 2.29. The van der Waals surface area contributed by atoms with E-state index in [1.165, 1.54) is 35.4 Å². The maximum absolute atomic E-state index is 4.84. The number of fused-ring (bicyclic) bond motifs is 1. The lowest BCUT2D eigenvalue weighted by molar-refractivity contribution is 0.463. The summed E-state index contributed by atoms with van der Waals surface area (Å²) >= 11 is 0. The summed E-state index contributed by atoms with van der Waals surface area (Å²) in [5.74, 6) is 1.86. The van der Waals surface area contributed by atoms with Gasteiger partial charge in [-0.2, -0.15) is 0 Å². The van der Waals surface area contributed by atoms with Crippen molar-refractivity contribution in [2.24, 2.45) is 0 Å². The molecule has 2 heteroatoms. The molecule has 0 N–H and O–H groups in total. The fraction of sp³-hybridized carbons (Fsp3) is 0.438. The highest BCUT2D eigenvalue weighted by molar-refractivity contribution is 5.60. The Morgan fingerprint density at radius 1 is 1.22 bits per heavy atom. The van der Waals surface area contributed by atoms with Gasteiger partial charge in [0.1, 0.15) is 5.82 Å². The standard InChI is InChI=1S/C16H20N2/c1-11-6-7-14(9-13(11)3)15-10-18-8-4-5-12(2)16(18)17-15/h6-7,9-10,12H,4-5,8H2,1-3H3. The van der Waals surface area contributed by atoms with Crippen LogP contribution >= 0.6 is 0 Å². The topological polar surface area (TPSA) is 17.8 Å². The molecule has 94 valence electrons. The first kappa shape index (κ1) is 11.5. The molecule has 1 atom stereocenters. The third-order valence-electron chi connectivity index (χ3n) is 4.09. The molecule has 0 saturated carbocycles. The van der Waals surface area contributed by atoms with Gasteiger partial charge in [0.2, 0.25) is 0 Å². The fourth-order valence-electron chi connectivity index (χ4n) is 2.74. The molecule has 0 fully saturated rings. The zero-order valence-electron chi connectivity index (χ0n) is 11.4. The van der Waals surface area contributed by atoms with Gasteiger partial charge in [-0.1, -0.05) is 19.1 Å². The van der Waals surface area contributed by atoms with Crippen LogP contribution in [-0.2, 0) is 6.54 Å². The predicted octanol–water partition coefficient (Wildman–Crippen LogP) is 4.06. The van der Waals surface area contributed by atoms with Crippen molar-refractivity contribution in [3.8, 4) is 11.3 Å². The lowest BCUT2D eigenvalue weighted by Crippen LogP contribution is -2.12. The average Bonchev–Trinajstić information content (AvgIpc) is 2.78. The normalized spacial score (nSPS) is 18.7. The third-order valence-corrected chi connectivity index (χ3v) is 4.09. The molecule has 0 spiro atoms. The van der Waals surface area contributed by atoms with Gasteiger partial charge in [-0.25, -0.2) is 4.98 Å². The van der Waals surface area contributed by atoms with Crippen molar-refractivity contribution in [2.45, 2.75) is 46.1 Å². The van der Waals surface area contributed by atoms with E-state index in [2.05, 4.69) is 49.7 Å². The van der Waals surface area contributed by atoms with E-state index in [9.17, 15) is 0 Å². The van der Waals surface area contributed by atoms with Crippen LogP contribution in [-0.4, -0.2) is 9.55 Å². The number of imidazole rings is 1. The van der Waals surface area contributed by atoms with E-state index in [-0.39, 0.29) is 0 Å². The van der Waals surface area contributed by atoms with Gasteiger partial charge in [0.15, 0.2) is 0 Å². The van der Waals surface area contributed by atoms with Crippen molar-refractivity contribution in [1.29, 1.82) is 0 Å². The van der Waals surface area contributed by atoms with Gasteiger partial charge in [0.25, 0.3) is 0 Å². The SMILES string of the molecule is Cc1ccc(-c2cn3c(n2)C(C)CCC3)cc1C. The van der Waals surface area contributed by atoms with E-state index in [1.807, 2.05) is 0 Å². The zero-order chi connectivity index (χ0) is 12.7. The number of hydrogen-bond donors (Lipinski definition) is 0. The summed E-state index contributed by atoms with van der Waals surface area (Å²) in [6, 6.07) is 6.61. The molecule has 1 aliphatic rings. The van der Waals surface area contributed by atoms with Crippen LogP contribution in [0.15, 0.2) is 24.4 Å². The lowest BCUT2D eigenvalue weighted by Gasteiger charge is -2.19. The summed E-state index contributed by atoms with van der Waals surface area (Å²) in [6.45, 7) is 7.72. The van der Waals surface area contributed by atoms with Crippen molar-refractivity contribution in [3.63, 3.8) is 0 Å². The highest BCUT2D eigenvalue weighted by Gasteiger charge is 2.19. The molecule has 18 heavy (non-hydrogen) atoms. The van der Waals surface area contributed by atoms with Crippen LogP contribution in [0.25, 0.3) is 11.3 Å². The molecule has 2 aromatic rings. The van der Waals surface area contributed by atoms with E-state index < -0.39 is 0 Å². The first-order chi connectivity index (χ1) is 8.65. The highest BCUT2D eigenvalue weighted by atomic mass is 15.1. The Morgan fingerprint density at radius 3 is 2.78 bits per heavy atom. The molecule has 1 unspecified atom stereocenters. The first-order valence-electron chi connectivity index (χ1n) is 6.80. The monoisotopic (exact) mass is 240 g/mol. The number of hydrogen-bond acceptors (Lipinski definition) is 1. The quantitative estimate of drug-likeness (QED) is 0.735. The Balaban J connectivity index is 2.04. The molecule has 1 aromatic carbocycles. The molecule has 1 aromatic heterocycles. The molecule has 0 saturated heterocycles. The van der Waals surface area contributed by atoms with Gasteiger partial charge in [0.05, 0.1) is 5.69 Å². The Bertz CT molecular complexity index is 581. The second-order valence-corrected chi connectivity index (χ2v) is 5.52. The van der Waals surface area contributed by atoms with E-state index >= 15 is 0 Å². The summed E-state index contributed by atoms with van der Waals surface area (Å²) in [5, 5.41) is 0. The van der Waals surface area contributed by atoms with Crippen LogP contribution in [0.5, 0.6) is 0 Å². The predicted molar refractivity (Wildman–Crippen MR) is 74.8 cm³/mol. The van der Waals surface area contributed by atoms with E-state index in [1.54, 1.807) is 0 Å². The second kappa shape index (κ2) is 4.27. The second-order valence-electron chi connectivity index (χ2n) is 5.52. The minimum atomic E-state index is 0.596. The Kier molecular flexibility index (Phi) is 2.73. The van der Waals surface area contributed by atoms with Crippen LogP contribution in [0.2, 0.25) is 0 Å². The Morgan fingerprint density at radius 2 is 2.06 bits per heavy atom. The molecular weight excluding hydrogens is 220 g/mol. The Labute approximate surface area is 109 Å². The number of rotatable bonds is 1. The maximum Gasteiger partial charge on any atom is 0.112 e. The summed E-state index contributed by atoms with van der Waals surface area (Å²) in [4.78, 5) is 4.84. The third kappa shape index (κ3) is 1.86. The number of aromatic nitrogens is 2. The maximum atomic E-state index is 4.84. The summed E-state index contributed by atoms with van der Waals surface area (Å²) in [5.41, 5.74) is 5.05. The smallest absolute Gasteiger partial charge is 0.112 e. The van der Waals surface area contributed by atoms with E-state index in [0.717, 1.165) is 12.2 Å². The van der Waals surface area contributed by atoms with E-state index in [4.69, 9.17) is 4.98 Å². The summed E-state index contributed by atoms with van der Waals surface area (Å²) in [6.07, 6.45) is 4.76. The number of aryl methyl sites for hydroxylation is 3. The fourth-order valence-corrected chi connectivity index (χ4v) is 2.74. The van der Waals surface area contributed by atoms with Gasteiger partial charge >= 0.3 is 0 Å². The van der Waals surface area contributed by atoms with Gasteiger partial charge in [-0.05, 0) is 43.9 Å². The van der Waals surface area contributed by atoms with Crippen LogP contribution in [0.3, 0.4) is 0 Å². The number of benzene rings is 1. The first-order valence-corrected chi connectivity index (χ1v) is 6.80. The molecule has 0 amide bonds. The van der Waals surface area contributed by atoms with Crippen molar-refractivity contribution in [1.82, 2.24) is 9.55 Å². The zero-order valence-corrected chi connectivity index (χ0v) is 11.4. The van der Waals surface area contributed by atoms with Crippen LogP contribution in [0, 0.1) is 13.8 Å². The van der Waals surface area contributed by atoms with Crippen LogP contribution in [0.4, 0.5) is 0 Å². The molecule has 1 aliphatic heterocycles.